The van der Waals surface area contributed by atoms with Gasteiger partial charge in [-0.15, -0.1) is 0 Å². The number of ketones is 1. The highest BCUT2D eigenvalue weighted by Gasteiger charge is 2.26. The van der Waals surface area contributed by atoms with Gasteiger partial charge in [0, 0.05) is 12.2 Å². The third-order valence-electron chi connectivity index (χ3n) is 4.49. The summed E-state index contributed by atoms with van der Waals surface area (Å²) >= 11 is 17.0. The third kappa shape index (κ3) is 11.4. The number of unbranched alkanes of at least 4 members (excludes halogenated alkanes) is 3. The van der Waals surface area contributed by atoms with Gasteiger partial charge in [-0.25, -0.2) is 0 Å². The lowest BCUT2D eigenvalue weighted by Crippen LogP contribution is -2.16. The van der Waals surface area contributed by atoms with E-state index in [1.807, 2.05) is 36.4 Å². The Morgan fingerprint density at radius 2 is 1.38 bits per heavy atom. The second-order valence-corrected chi connectivity index (χ2v) is 14.9. The number of benzene rings is 2. The molecule has 4 nitrogen and oxygen atoms in total. The minimum absolute atomic E-state index is 0.0528. The molecule has 0 unspecified atom stereocenters. The second-order valence-electron chi connectivity index (χ2n) is 7.20. The number of halogens is 3. The van der Waals surface area contributed by atoms with Crippen LogP contribution in [0.2, 0.25) is 0 Å². The fraction of sp³-hybridized carbons (Fsp3) is 0.375. The van der Waals surface area contributed by atoms with Crippen LogP contribution in [0.1, 0.15) is 54.9 Å². The number of hydrogen-bond acceptors (Lipinski definition) is 4. The van der Waals surface area contributed by atoms with E-state index in [1.54, 1.807) is 24.3 Å². The molecule has 0 aliphatic carbocycles. The normalized spacial score (nSPS) is 11.6. The molecule has 0 radical (unpaired) electrons. The lowest BCUT2D eigenvalue weighted by molar-refractivity contribution is 0.104. The van der Waals surface area contributed by atoms with Crippen LogP contribution >= 0.6 is 33.2 Å². The van der Waals surface area contributed by atoms with Crippen molar-refractivity contribution in [2.75, 3.05) is 19.8 Å². The van der Waals surface area contributed by atoms with E-state index in [4.69, 9.17) is 47.1 Å². The van der Waals surface area contributed by atoms with Crippen molar-refractivity contribution in [1.82, 2.24) is 0 Å². The van der Waals surface area contributed by atoms with Gasteiger partial charge < -0.3 is 13.9 Å². The fourth-order valence-corrected chi connectivity index (χ4v) is 3.88. The topological polar surface area (TPSA) is 44.8 Å². The van der Waals surface area contributed by atoms with Gasteiger partial charge in [0.15, 0.2) is 5.78 Å². The minimum Gasteiger partial charge on any atom is -0.494 e. The van der Waals surface area contributed by atoms with E-state index in [0.29, 0.717) is 25.4 Å². The zero-order chi connectivity index (χ0) is 23.2. The average Bonchev–Trinajstić information content (AvgIpc) is 2.78. The van der Waals surface area contributed by atoms with Crippen LogP contribution in [0, 0.1) is 0 Å². The molecule has 0 atom stereocenters. The molecule has 2 aromatic rings. The van der Waals surface area contributed by atoms with Crippen molar-refractivity contribution in [2.45, 2.75) is 39.0 Å². The Hall–Kier alpha value is -1.50. The molecule has 2 rings (SSSR count). The second kappa shape index (κ2) is 14.6. The Morgan fingerprint density at radius 3 is 1.97 bits per heavy atom. The highest BCUT2D eigenvalue weighted by molar-refractivity contribution is 7.62. The molecule has 0 amide bonds. The number of ether oxygens (including phenoxy) is 2. The van der Waals surface area contributed by atoms with Crippen molar-refractivity contribution >= 4 is 51.3 Å². The van der Waals surface area contributed by atoms with E-state index in [2.05, 4.69) is 6.92 Å². The summed E-state index contributed by atoms with van der Waals surface area (Å²) in [5.74, 6) is 1.53. The Labute approximate surface area is 205 Å². The largest absolute Gasteiger partial charge is 0.494 e. The van der Waals surface area contributed by atoms with Gasteiger partial charge in [0.25, 0.3) is 0 Å². The average molecular weight is 516 g/mol. The summed E-state index contributed by atoms with van der Waals surface area (Å²) in [6.07, 6.45) is 5.18. The standard InChI is InChI=1S/C24H29Cl3O4Si/c1-2-17-29-22-12-7-20(8-13-22)9-16-24(28)21-10-14-23(15-11-21)30-18-5-3-4-6-19-31-32(25,26)27/h7-16H,2-6,17-19H2,1H3. The van der Waals surface area contributed by atoms with Crippen molar-refractivity contribution in [2.24, 2.45) is 0 Å². The molecule has 0 N–H and O–H groups in total. The van der Waals surface area contributed by atoms with Gasteiger partial charge in [-0.1, -0.05) is 64.8 Å². The van der Waals surface area contributed by atoms with E-state index in [0.717, 1.165) is 49.2 Å². The van der Waals surface area contributed by atoms with Crippen molar-refractivity contribution in [1.29, 1.82) is 0 Å². The van der Waals surface area contributed by atoms with Gasteiger partial charge in [0.2, 0.25) is 0 Å². The molecule has 0 spiro atoms. The van der Waals surface area contributed by atoms with E-state index < -0.39 is 6.25 Å². The predicted molar refractivity (Wildman–Crippen MR) is 135 cm³/mol. The quantitative estimate of drug-likeness (QED) is 0.0810. The summed E-state index contributed by atoms with van der Waals surface area (Å²) in [7, 11) is 0. The van der Waals surface area contributed by atoms with Gasteiger partial charge in [-0.05, 0) is 73.7 Å². The highest BCUT2D eigenvalue weighted by Crippen LogP contribution is 2.21. The highest BCUT2D eigenvalue weighted by atomic mass is 35.8. The van der Waals surface area contributed by atoms with Crippen molar-refractivity contribution in [3.63, 3.8) is 0 Å². The summed E-state index contributed by atoms with van der Waals surface area (Å²) in [5.41, 5.74) is 1.57. The zero-order valence-electron chi connectivity index (χ0n) is 18.2. The van der Waals surface area contributed by atoms with Gasteiger partial charge in [-0.2, -0.15) is 0 Å². The van der Waals surface area contributed by atoms with E-state index in [1.165, 1.54) is 0 Å². The molecule has 0 heterocycles. The number of hydrogen-bond donors (Lipinski definition) is 0. The van der Waals surface area contributed by atoms with Gasteiger partial charge in [-0.3, -0.25) is 4.79 Å². The first-order valence-electron chi connectivity index (χ1n) is 10.8. The summed E-state index contributed by atoms with van der Waals surface area (Å²) < 4.78 is 16.5. The monoisotopic (exact) mass is 514 g/mol. The lowest BCUT2D eigenvalue weighted by atomic mass is 10.1. The first kappa shape index (κ1) is 26.7. The fourth-order valence-electron chi connectivity index (χ4n) is 2.81. The van der Waals surface area contributed by atoms with Crippen LogP contribution in [-0.4, -0.2) is 31.9 Å². The van der Waals surface area contributed by atoms with E-state index in [-0.39, 0.29) is 5.78 Å². The van der Waals surface area contributed by atoms with E-state index in [9.17, 15) is 4.79 Å². The van der Waals surface area contributed by atoms with Crippen molar-refractivity contribution in [3.05, 3.63) is 65.7 Å². The summed E-state index contributed by atoms with van der Waals surface area (Å²) in [4.78, 5) is 12.4. The summed E-state index contributed by atoms with van der Waals surface area (Å²) in [6, 6.07) is 14.9. The molecular formula is C24H29Cl3O4Si. The van der Waals surface area contributed by atoms with Crippen molar-refractivity contribution in [3.8, 4) is 11.5 Å². The molecule has 0 bridgehead atoms. The van der Waals surface area contributed by atoms with Crippen LogP contribution in [-0.2, 0) is 4.43 Å². The zero-order valence-corrected chi connectivity index (χ0v) is 21.5. The first-order valence-corrected chi connectivity index (χ1v) is 15.7. The van der Waals surface area contributed by atoms with Gasteiger partial charge >= 0.3 is 6.25 Å². The Balaban J connectivity index is 1.68. The molecule has 0 saturated heterocycles. The van der Waals surface area contributed by atoms with Crippen molar-refractivity contribution < 1.29 is 18.7 Å². The lowest BCUT2D eigenvalue weighted by Gasteiger charge is -2.09. The smallest absolute Gasteiger partial charge is 0.493 e. The van der Waals surface area contributed by atoms with Crippen LogP contribution in [0.5, 0.6) is 11.5 Å². The van der Waals surface area contributed by atoms with Gasteiger partial charge in [0.1, 0.15) is 11.5 Å². The Kier molecular flexibility index (Phi) is 12.2. The molecule has 32 heavy (non-hydrogen) atoms. The maximum atomic E-state index is 12.4. The molecule has 8 heteroatoms. The minimum atomic E-state index is -2.96. The number of rotatable bonds is 15. The van der Waals surface area contributed by atoms with Crippen LogP contribution in [0.25, 0.3) is 6.08 Å². The van der Waals surface area contributed by atoms with Crippen LogP contribution in [0.4, 0.5) is 0 Å². The van der Waals surface area contributed by atoms with Crippen LogP contribution in [0.15, 0.2) is 54.6 Å². The SMILES string of the molecule is CCCOc1ccc(C=CC(=O)c2ccc(OCCCCCCO[Si](Cl)(Cl)Cl)cc2)cc1. The molecule has 0 aromatic heterocycles. The molecule has 2 aromatic carbocycles. The van der Waals surface area contributed by atoms with E-state index >= 15 is 0 Å². The molecule has 0 saturated carbocycles. The maximum Gasteiger partial charge on any atom is 0.493 e. The third-order valence-corrected chi connectivity index (χ3v) is 6.01. The molecular weight excluding hydrogens is 487 g/mol. The Bertz CT molecular complexity index is 834. The summed E-state index contributed by atoms with van der Waals surface area (Å²) in [6.45, 7) is 3.86. The first-order chi connectivity index (χ1) is 15.4. The molecule has 0 aliphatic heterocycles. The molecule has 174 valence electrons. The molecule has 0 aliphatic rings. The number of carbonyl (C=O) groups excluding carboxylic acids is 1. The van der Waals surface area contributed by atoms with Crippen LogP contribution in [0.3, 0.4) is 0 Å². The molecule has 0 fully saturated rings. The summed E-state index contributed by atoms with van der Waals surface area (Å²) in [5, 5.41) is 0. The number of allylic oxidation sites excluding steroid dienone is 1. The predicted octanol–water partition coefficient (Wildman–Crippen LogP) is 7.48. The maximum absolute atomic E-state index is 12.4. The number of carbonyl (C=O) groups is 1. The Morgan fingerprint density at radius 1 is 0.812 bits per heavy atom. The van der Waals surface area contributed by atoms with Gasteiger partial charge in [0.05, 0.1) is 13.2 Å². The van der Waals surface area contributed by atoms with Crippen LogP contribution < -0.4 is 9.47 Å².